The molecule has 1 aromatic carbocycles. The molecule has 0 N–H and O–H groups in total. The van der Waals surface area contributed by atoms with Gasteiger partial charge in [0, 0.05) is 17.8 Å². The van der Waals surface area contributed by atoms with Gasteiger partial charge < -0.3 is 4.74 Å². The van der Waals surface area contributed by atoms with E-state index in [4.69, 9.17) is 4.74 Å². The fraction of sp³-hybridized carbons (Fsp3) is 0.438. The lowest BCUT2D eigenvalue weighted by molar-refractivity contribution is 0.414. The molecule has 0 amide bonds. The molecule has 0 saturated carbocycles. The van der Waals surface area contributed by atoms with E-state index in [0.717, 1.165) is 17.9 Å². The highest BCUT2D eigenvalue weighted by molar-refractivity contribution is 5.84. The van der Waals surface area contributed by atoms with Crippen LogP contribution >= 0.6 is 0 Å². The van der Waals surface area contributed by atoms with Crippen molar-refractivity contribution in [3.05, 3.63) is 41.6 Å². The molecule has 0 radical (unpaired) electrons. The van der Waals surface area contributed by atoms with Crippen LogP contribution in [0.4, 0.5) is 0 Å². The minimum absolute atomic E-state index is 0.496. The summed E-state index contributed by atoms with van der Waals surface area (Å²) in [6.07, 6.45) is 2.95. The highest BCUT2D eigenvalue weighted by atomic mass is 16.5. The smallest absolute Gasteiger partial charge is 0.118 e. The average Bonchev–Trinajstić information content (AvgIpc) is 2.38. The maximum absolute atomic E-state index is 5.15. The van der Waals surface area contributed by atoms with E-state index < -0.39 is 0 Å². The first-order valence-electron chi connectivity index (χ1n) is 6.40. The number of rotatable bonds is 5. The van der Waals surface area contributed by atoms with E-state index in [-0.39, 0.29) is 0 Å². The maximum Gasteiger partial charge on any atom is 0.118 e. The number of hydrogen-bond acceptors (Lipinski definition) is 2. The van der Waals surface area contributed by atoms with Gasteiger partial charge in [0.25, 0.3) is 0 Å². The van der Waals surface area contributed by atoms with Gasteiger partial charge in [0.1, 0.15) is 5.75 Å². The zero-order chi connectivity index (χ0) is 13.5. The number of aliphatic imine (C=N–C) groups is 1. The zero-order valence-corrected chi connectivity index (χ0v) is 12.0. The van der Waals surface area contributed by atoms with Crippen molar-refractivity contribution in [1.82, 2.24) is 0 Å². The first kappa shape index (κ1) is 14.5. The predicted octanol–water partition coefficient (Wildman–Crippen LogP) is 4.26. The fourth-order valence-corrected chi connectivity index (χ4v) is 1.51. The SMILES string of the molecule is C/C=C(/Cc1ccc(OC)cc1)N=C(C)C(C)C. The van der Waals surface area contributed by atoms with Gasteiger partial charge in [-0.3, -0.25) is 4.99 Å². The Morgan fingerprint density at radius 3 is 2.33 bits per heavy atom. The van der Waals surface area contributed by atoms with Crippen LogP contribution in [0, 0.1) is 5.92 Å². The number of benzene rings is 1. The molecule has 0 saturated heterocycles. The summed E-state index contributed by atoms with van der Waals surface area (Å²) in [7, 11) is 1.68. The molecular formula is C16H23NO. The van der Waals surface area contributed by atoms with Crippen LogP contribution in [-0.2, 0) is 6.42 Å². The molecule has 0 aliphatic rings. The summed E-state index contributed by atoms with van der Waals surface area (Å²) in [6.45, 7) is 8.46. The van der Waals surface area contributed by atoms with E-state index in [1.807, 2.05) is 19.1 Å². The van der Waals surface area contributed by atoms with Gasteiger partial charge in [0.15, 0.2) is 0 Å². The number of nitrogens with zero attached hydrogens (tertiary/aromatic N) is 1. The van der Waals surface area contributed by atoms with Crippen molar-refractivity contribution in [2.45, 2.75) is 34.1 Å². The highest BCUT2D eigenvalue weighted by Gasteiger charge is 2.02. The maximum atomic E-state index is 5.15. The van der Waals surface area contributed by atoms with Gasteiger partial charge in [0.05, 0.1) is 7.11 Å². The Balaban J connectivity index is 2.77. The van der Waals surface area contributed by atoms with Crippen LogP contribution in [0.1, 0.15) is 33.3 Å². The fourth-order valence-electron chi connectivity index (χ4n) is 1.51. The molecule has 98 valence electrons. The Morgan fingerprint density at radius 2 is 1.89 bits per heavy atom. The molecule has 0 heterocycles. The van der Waals surface area contributed by atoms with Crippen LogP contribution in [-0.4, -0.2) is 12.8 Å². The third kappa shape index (κ3) is 4.36. The second kappa shape index (κ2) is 7.00. The molecule has 1 aromatic rings. The molecular weight excluding hydrogens is 222 g/mol. The van der Waals surface area contributed by atoms with E-state index in [0.29, 0.717) is 5.92 Å². The molecule has 0 aromatic heterocycles. The summed E-state index contributed by atoms with van der Waals surface area (Å²) in [5, 5.41) is 0. The van der Waals surface area contributed by atoms with Crippen LogP contribution in [0.25, 0.3) is 0 Å². The number of hydrogen-bond donors (Lipinski definition) is 0. The predicted molar refractivity (Wildman–Crippen MR) is 78.4 cm³/mol. The highest BCUT2D eigenvalue weighted by Crippen LogP contribution is 2.15. The van der Waals surface area contributed by atoms with Crippen LogP contribution in [0.15, 0.2) is 41.0 Å². The molecule has 0 atom stereocenters. The summed E-state index contributed by atoms with van der Waals surface area (Å²) in [6, 6.07) is 8.15. The number of methoxy groups -OCH3 is 1. The lowest BCUT2D eigenvalue weighted by atomic mass is 10.1. The monoisotopic (exact) mass is 245 g/mol. The van der Waals surface area contributed by atoms with E-state index in [9.17, 15) is 0 Å². The summed E-state index contributed by atoms with van der Waals surface area (Å²) in [5.41, 5.74) is 3.55. The van der Waals surface area contributed by atoms with Gasteiger partial charge in [-0.15, -0.1) is 0 Å². The van der Waals surface area contributed by atoms with E-state index in [1.165, 1.54) is 11.3 Å². The molecule has 2 heteroatoms. The Bertz CT molecular complexity index is 427. The Morgan fingerprint density at radius 1 is 1.28 bits per heavy atom. The molecule has 0 aliphatic heterocycles. The molecule has 0 unspecified atom stereocenters. The van der Waals surface area contributed by atoms with Gasteiger partial charge >= 0.3 is 0 Å². The van der Waals surface area contributed by atoms with Gasteiger partial charge in [0.2, 0.25) is 0 Å². The lowest BCUT2D eigenvalue weighted by Crippen LogP contribution is -2.03. The van der Waals surface area contributed by atoms with Crippen molar-refractivity contribution in [2.75, 3.05) is 7.11 Å². The minimum atomic E-state index is 0.496. The van der Waals surface area contributed by atoms with Crippen molar-refractivity contribution in [3.8, 4) is 5.75 Å². The summed E-state index contributed by atoms with van der Waals surface area (Å²) >= 11 is 0. The Kier molecular flexibility index (Phi) is 5.63. The first-order chi connectivity index (χ1) is 8.56. The molecule has 2 nitrogen and oxygen atoms in total. The van der Waals surface area contributed by atoms with E-state index in [2.05, 4.69) is 44.0 Å². The topological polar surface area (TPSA) is 21.6 Å². The average molecular weight is 245 g/mol. The van der Waals surface area contributed by atoms with Crippen LogP contribution < -0.4 is 4.74 Å². The summed E-state index contributed by atoms with van der Waals surface area (Å²) in [5.74, 6) is 1.39. The standard InChI is InChI=1S/C16H23NO/c1-6-15(17-13(4)12(2)3)11-14-7-9-16(18-5)10-8-14/h6-10,12H,11H2,1-5H3/b15-6-,17-13?. The normalized spacial score (nSPS) is 13.0. The molecule has 0 fully saturated rings. The van der Waals surface area contributed by atoms with Crippen molar-refractivity contribution < 1.29 is 4.74 Å². The quantitative estimate of drug-likeness (QED) is 0.710. The van der Waals surface area contributed by atoms with Gasteiger partial charge in [-0.05, 0) is 37.5 Å². The van der Waals surface area contributed by atoms with E-state index >= 15 is 0 Å². The molecule has 0 spiro atoms. The zero-order valence-electron chi connectivity index (χ0n) is 12.0. The van der Waals surface area contributed by atoms with Crippen molar-refractivity contribution >= 4 is 5.71 Å². The second-order valence-electron chi connectivity index (χ2n) is 4.71. The third-order valence-corrected chi connectivity index (χ3v) is 3.03. The van der Waals surface area contributed by atoms with E-state index in [1.54, 1.807) is 7.11 Å². The summed E-state index contributed by atoms with van der Waals surface area (Å²) in [4.78, 5) is 4.68. The Labute approximate surface area is 110 Å². The van der Waals surface area contributed by atoms with Crippen LogP contribution in [0.3, 0.4) is 0 Å². The van der Waals surface area contributed by atoms with Crippen molar-refractivity contribution in [1.29, 1.82) is 0 Å². The van der Waals surface area contributed by atoms with Gasteiger partial charge in [-0.25, -0.2) is 0 Å². The van der Waals surface area contributed by atoms with Crippen molar-refractivity contribution in [3.63, 3.8) is 0 Å². The second-order valence-corrected chi connectivity index (χ2v) is 4.71. The largest absolute Gasteiger partial charge is 0.497 e. The third-order valence-electron chi connectivity index (χ3n) is 3.03. The number of ether oxygens (including phenoxy) is 1. The lowest BCUT2D eigenvalue weighted by Gasteiger charge is -2.08. The minimum Gasteiger partial charge on any atom is -0.497 e. The number of allylic oxidation sites excluding steroid dienone is 2. The van der Waals surface area contributed by atoms with Gasteiger partial charge in [-0.2, -0.15) is 0 Å². The summed E-state index contributed by atoms with van der Waals surface area (Å²) < 4.78 is 5.15. The molecule has 0 bridgehead atoms. The molecule has 0 aliphatic carbocycles. The van der Waals surface area contributed by atoms with Crippen LogP contribution in [0.2, 0.25) is 0 Å². The van der Waals surface area contributed by atoms with Gasteiger partial charge in [-0.1, -0.05) is 32.1 Å². The molecule has 1 rings (SSSR count). The Hall–Kier alpha value is -1.57. The van der Waals surface area contributed by atoms with Crippen LogP contribution in [0.5, 0.6) is 5.75 Å². The first-order valence-corrected chi connectivity index (χ1v) is 6.40. The van der Waals surface area contributed by atoms with Crippen molar-refractivity contribution in [2.24, 2.45) is 10.9 Å². The molecule has 18 heavy (non-hydrogen) atoms.